The van der Waals surface area contributed by atoms with Gasteiger partial charge in [0.1, 0.15) is 0 Å². The van der Waals surface area contributed by atoms with Gasteiger partial charge in [-0.2, -0.15) is 0 Å². The summed E-state index contributed by atoms with van der Waals surface area (Å²) in [7, 11) is 1.52. The van der Waals surface area contributed by atoms with Gasteiger partial charge < -0.3 is 14.2 Å². The molecule has 0 N–H and O–H groups in total. The van der Waals surface area contributed by atoms with E-state index in [2.05, 4.69) is 0 Å². The molecule has 2 aromatic rings. The summed E-state index contributed by atoms with van der Waals surface area (Å²) in [5.74, 6) is 2.17. The Morgan fingerprint density at radius 3 is 2.68 bits per heavy atom. The second-order valence-corrected chi connectivity index (χ2v) is 3.88. The number of rotatable bonds is 2. The van der Waals surface area contributed by atoms with Gasteiger partial charge in [0.05, 0.1) is 18.1 Å². The number of non-ortho nitro benzene ring substituents is 1. The molecule has 2 aromatic carbocycles. The molecule has 0 aromatic heterocycles. The summed E-state index contributed by atoms with van der Waals surface area (Å²) in [4.78, 5) is 10.3. The lowest BCUT2D eigenvalue weighted by molar-refractivity contribution is -0.384. The van der Waals surface area contributed by atoms with E-state index in [9.17, 15) is 10.1 Å². The van der Waals surface area contributed by atoms with Gasteiger partial charge in [0, 0.05) is 6.07 Å². The lowest BCUT2D eigenvalue weighted by Gasteiger charge is -2.21. The van der Waals surface area contributed by atoms with E-state index in [0.29, 0.717) is 28.7 Å². The maximum absolute atomic E-state index is 10.7. The molecular formula is C13H9NO5. The minimum absolute atomic E-state index is 0.0549. The zero-order valence-corrected chi connectivity index (χ0v) is 9.95. The Morgan fingerprint density at radius 2 is 1.95 bits per heavy atom. The van der Waals surface area contributed by atoms with Crippen LogP contribution in [0, 0.1) is 10.1 Å². The predicted octanol–water partition coefficient (Wildman–Crippen LogP) is 3.50. The van der Waals surface area contributed by atoms with Crippen LogP contribution in [0.25, 0.3) is 0 Å². The Kier molecular flexibility index (Phi) is 2.49. The van der Waals surface area contributed by atoms with Crippen molar-refractivity contribution < 1.29 is 19.1 Å². The van der Waals surface area contributed by atoms with Gasteiger partial charge in [0.25, 0.3) is 5.69 Å². The van der Waals surface area contributed by atoms with E-state index in [1.54, 1.807) is 18.2 Å². The molecule has 0 aliphatic carbocycles. The largest absolute Gasteiger partial charge is 0.493 e. The van der Waals surface area contributed by atoms with Crippen LogP contribution in [0.4, 0.5) is 5.69 Å². The molecule has 0 radical (unpaired) electrons. The molecular weight excluding hydrogens is 250 g/mol. The van der Waals surface area contributed by atoms with E-state index in [1.807, 2.05) is 0 Å². The molecule has 19 heavy (non-hydrogen) atoms. The maximum atomic E-state index is 10.7. The number of para-hydroxylation sites is 1. The SMILES string of the molecule is COc1cccc2c1Oc1cc([N+](=O)[O-])ccc1O2. The van der Waals surface area contributed by atoms with Crippen LogP contribution in [0.1, 0.15) is 0 Å². The van der Waals surface area contributed by atoms with Crippen molar-refractivity contribution in [1.82, 2.24) is 0 Å². The molecule has 0 atom stereocenters. The van der Waals surface area contributed by atoms with Gasteiger partial charge in [-0.3, -0.25) is 10.1 Å². The highest BCUT2D eigenvalue weighted by atomic mass is 16.6. The van der Waals surface area contributed by atoms with Crippen LogP contribution >= 0.6 is 0 Å². The van der Waals surface area contributed by atoms with E-state index in [0.717, 1.165) is 0 Å². The second-order valence-electron chi connectivity index (χ2n) is 3.88. The van der Waals surface area contributed by atoms with Crippen LogP contribution in [0.15, 0.2) is 36.4 Å². The van der Waals surface area contributed by atoms with Crippen molar-refractivity contribution in [2.75, 3.05) is 7.11 Å². The number of nitro groups is 1. The van der Waals surface area contributed by atoms with Crippen molar-refractivity contribution >= 4 is 5.69 Å². The summed E-state index contributed by atoms with van der Waals surface area (Å²) >= 11 is 0. The average Bonchev–Trinajstić information content (AvgIpc) is 2.43. The minimum Gasteiger partial charge on any atom is -0.493 e. The highest BCUT2D eigenvalue weighted by Crippen LogP contribution is 2.50. The molecule has 0 saturated heterocycles. The van der Waals surface area contributed by atoms with Crippen LogP contribution in [-0.2, 0) is 0 Å². The van der Waals surface area contributed by atoms with Gasteiger partial charge in [0.2, 0.25) is 5.75 Å². The number of hydrogen-bond donors (Lipinski definition) is 0. The van der Waals surface area contributed by atoms with E-state index >= 15 is 0 Å². The summed E-state index contributed by atoms with van der Waals surface area (Å²) in [6.45, 7) is 0. The second kappa shape index (κ2) is 4.16. The van der Waals surface area contributed by atoms with Crippen LogP contribution < -0.4 is 14.2 Å². The zero-order valence-electron chi connectivity index (χ0n) is 9.95. The van der Waals surface area contributed by atoms with E-state index in [-0.39, 0.29) is 5.69 Å². The zero-order chi connectivity index (χ0) is 13.4. The van der Waals surface area contributed by atoms with E-state index in [4.69, 9.17) is 14.2 Å². The van der Waals surface area contributed by atoms with Gasteiger partial charge in [-0.1, -0.05) is 6.07 Å². The molecule has 0 amide bonds. The first kappa shape index (κ1) is 11.3. The summed E-state index contributed by atoms with van der Waals surface area (Å²) in [5, 5.41) is 10.7. The van der Waals surface area contributed by atoms with Crippen molar-refractivity contribution in [1.29, 1.82) is 0 Å². The van der Waals surface area contributed by atoms with Gasteiger partial charge in [-0.25, -0.2) is 0 Å². The molecule has 0 fully saturated rings. The molecule has 1 aliphatic heterocycles. The number of hydrogen-bond acceptors (Lipinski definition) is 5. The Hall–Kier alpha value is -2.76. The van der Waals surface area contributed by atoms with Crippen LogP contribution in [-0.4, -0.2) is 12.0 Å². The normalized spacial score (nSPS) is 11.6. The van der Waals surface area contributed by atoms with E-state index < -0.39 is 4.92 Å². The first-order valence-electron chi connectivity index (χ1n) is 5.50. The van der Waals surface area contributed by atoms with Crippen molar-refractivity contribution in [2.24, 2.45) is 0 Å². The Labute approximate surface area is 108 Å². The minimum atomic E-state index is -0.485. The number of ether oxygens (including phenoxy) is 3. The molecule has 96 valence electrons. The van der Waals surface area contributed by atoms with Crippen molar-refractivity contribution in [2.45, 2.75) is 0 Å². The molecule has 3 rings (SSSR count). The molecule has 0 unspecified atom stereocenters. The van der Waals surface area contributed by atoms with Gasteiger partial charge >= 0.3 is 0 Å². The molecule has 0 spiro atoms. The van der Waals surface area contributed by atoms with Crippen molar-refractivity contribution in [3.63, 3.8) is 0 Å². The topological polar surface area (TPSA) is 70.8 Å². The highest BCUT2D eigenvalue weighted by Gasteiger charge is 2.24. The summed E-state index contributed by atoms with van der Waals surface area (Å²) in [6, 6.07) is 9.44. The van der Waals surface area contributed by atoms with Gasteiger partial charge in [0.15, 0.2) is 23.0 Å². The number of benzene rings is 2. The Balaban J connectivity index is 2.07. The third-order valence-corrected chi connectivity index (χ3v) is 2.73. The third kappa shape index (κ3) is 1.83. The number of fused-ring (bicyclic) bond motifs is 2. The third-order valence-electron chi connectivity index (χ3n) is 2.73. The number of methoxy groups -OCH3 is 1. The quantitative estimate of drug-likeness (QED) is 0.520. The lowest BCUT2D eigenvalue weighted by atomic mass is 10.2. The molecule has 6 heteroatoms. The van der Waals surface area contributed by atoms with Crippen LogP contribution in [0.5, 0.6) is 28.7 Å². The smallest absolute Gasteiger partial charge is 0.273 e. The fourth-order valence-corrected chi connectivity index (χ4v) is 1.84. The molecule has 0 bridgehead atoms. The fraction of sp³-hybridized carbons (Fsp3) is 0.0769. The summed E-state index contributed by atoms with van der Waals surface area (Å²) in [5.41, 5.74) is -0.0549. The summed E-state index contributed by atoms with van der Waals surface area (Å²) in [6.07, 6.45) is 0. The molecule has 0 saturated carbocycles. The van der Waals surface area contributed by atoms with Crippen LogP contribution in [0.2, 0.25) is 0 Å². The van der Waals surface area contributed by atoms with Crippen molar-refractivity contribution in [3.05, 3.63) is 46.5 Å². The molecule has 1 aliphatic rings. The van der Waals surface area contributed by atoms with Crippen molar-refractivity contribution in [3.8, 4) is 28.7 Å². The molecule has 6 nitrogen and oxygen atoms in total. The monoisotopic (exact) mass is 259 g/mol. The first-order chi connectivity index (χ1) is 9.19. The predicted molar refractivity (Wildman–Crippen MR) is 66.2 cm³/mol. The van der Waals surface area contributed by atoms with Crippen LogP contribution in [0.3, 0.4) is 0 Å². The fourth-order valence-electron chi connectivity index (χ4n) is 1.84. The average molecular weight is 259 g/mol. The highest BCUT2D eigenvalue weighted by molar-refractivity contribution is 5.61. The Bertz CT molecular complexity index is 668. The Morgan fingerprint density at radius 1 is 1.11 bits per heavy atom. The standard InChI is InChI=1S/C13H9NO5/c1-17-10-3-2-4-11-13(10)19-12-7-8(14(15)16)5-6-9(12)18-11/h2-7H,1H3. The first-order valence-corrected chi connectivity index (χ1v) is 5.50. The van der Waals surface area contributed by atoms with Gasteiger partial charge in [-0.15, -0.1) is 0 Å². The summed E-state index contributed by atoms with van der Waals surface area (Å²) < 4.78 is 16.4. The number of nitro benzene ring substituents is 1. The lowest BCUT2D eigenvalue weighted by Crippen LogP contribution is -2.01. The van der Waals surface area contributed by atoms with Gasteiger partial charge in [-0.05, 0) is 18.2 Å². The molecule has 1 heterocycles. The number of nitrogens with zero attached hydrogens (tertiary/aromatic N) is 1. The maximum Gasteiger partial charge on any atom is 0.273 e. The van der Waals surface area contributed by atoms with E-state index in [1.165, 1.54) is 25.3 Å².